The lowest BCUT2D eigenvalue weighted by molar-refractivity contribution is -0.143. The Balaban J connectivity index is 0.000000149. The van der Waals surface area contributed by atoms with E-state index in [9.17, 15) is 60.4 Å². The molecule has 1 aromatic rings. The molecule has 0 spiro atoms. The van der Waals surface area contributed by atoms with Crippen LogP contribution < -0.4 is 22.1 Å². The van der Waals surface area contributed by atoms with Crippen LogP contribution in [0.3, 0.4) is 0 Å². The minimum atomic E-state index is -5.02. The monoisotopic (exact) mass is 1080 g/mol. The Labute approximate surface area is 440 Å². The zero-order valence-corrected chi connectivity index (χ0v) is 42.7. The van der Waals surface area contributed by atoms with Gasteiger partial charge in [0.05, 0.1) is 71.6 Å². The number of amides is 6. The van der Waals surface area contributed by atoms with Gasteiger partial charge < -0.3 is 46.6 Å². The van der Waals surface area contributed by atoms with Crippen LogP contribution in [0.5, 0.6) is 0 Å². The molecule has 0 radical (unpaired) electrons. The van der Waals surface area contributed by atoms with E-state index < -0.39 is 71.3 Å². The van der Waals surface area contributed by atoms with Crippen molar-refractivity contribution in [3.63, 3.8) is 0 Å². The zero-order chi connectivity index (χ0) is 55.7. The lowest BCUT2D eigenvalue weighted by Gasteiger charge is -2.36. The molecule has 6 bridgehead atoms. The third-order valence-corrected chi connectivity index (χ3v) is 17.4. The van der Waals surface area contributed by atoms with Gasteiger partial charge in [-0.05, 0) is 81.9 Å². The van der Waals surface area contributed by atoms with Gasteiger partial charge in [-0.2, -0.15) is 42.1 Å². The van der Waals surface area contributed by atoms with Gasteiger partial charge in [-0.15, -0.1) is 0 Å². The van der Waals surface area contributed by atoms with Crippen molar-refractivity contribution >= 4 is 41.1 Å². The molecule has 1 saturated carbocycles. The van der Waals surface area contributed by atoms with E-state index >= 15 is 0 Å². The number of carbonyl (C=O) groups is 6. The number of likely N-dealkylation sites (N-methyl/N-ethyl adjacent to an activating group) is 2. The van der Waals surface area contributed by atoms with Crippen molar-refractivity contribution in [3.05, 3.63) is 29.3 Å². The molecular formula is C50H63F6N15O6. The predicted octanol–water partition coefficient (Wildman–Crippen LogP) is -0.160. The molecule has 27 heteroatoms. The SMILES string of the molecule is CN1C(=O)[C@@H]2CC1CN2C[C@H](N)C(=O)N1CCC[C@H]1C#N.CN1C(=O)[C@@H]2CC1CN2C[C@H](N)C(=O)N1CCC[C@H]1C#N.N#C[C@@H]1C[C@@H]2C[C@@H]2N1C(=O)[C@@H](N)CN1CC2C[C@H]1C(=O)N2c1cc(C(F)(F)F)cc(C(F)(F)F)c1. The fraction of sp³-hybridized carbons (Fsp3) is 0.700. The van der Waals surface area contributed by atoms with E-state index in [1.54, 1.807) is 24.5 Å². The molecule has 6 amide bonds. The van der Waals surface area contributed by atoms with Crippen molar-refractivity contribution in [1.29, 1.82) is 15.8 Å². The van der Waals surface area contributed by atoms with E-state index in [2.05, 4.69) is 18.2 Å². The number of hydrogen-bond donors (Lipinski definition) is 3. The molecule has 9 aliphatic heterocycles. The second-order valence-corrected chi connectivity index (χ2v) is 22.1. The predicted molar refractivity (Wildman–Crippen MR) is 258 cm³/mol. The highest BCUT2D eigenvalue weighted by atomic mass is 19.4. The van der Waals surface area contributed by atoms with E-state index in [0.717, 1.165) is 62.9 Å². The fourth-order valence-electron chi connectivity index (χ4n) is 13.2. The number of nitrogens with zero attached hydrogens (tertiary/aromatic N) is 12. The minimum absolute atomic E-state index is 0.00199. The van der Waals surface area contributed by atoms with E-state index in [4.69, 9.17) is 27.7 Å². The summed E-state index contributed by atoms with van der Waals surface area (Å²) in [5, 5.41) is 27.4. The number of benzene rings is 1. The summed E-state index contributed by atoms with van der Waals surface area (Å²) in [7, 11) is 3.66. The summed E-state index contributed by atoms with van der Waals surface area (Å²) < 4.78 is 79.5. The molecule has 9 saturated heterocycles. The van der Waals surface area contributed by atoms with Gasteiger partial charge in [-0.25, -0.2) is 0 Å². The highest BCUT2D eigenvalue weighted by molar-refractivity contribution is 6.01. The van der Waals surface area contributed by atoms with Crippen molar-refractivity contribution < 1.29 is 55.1 Å². The number of fused-ring (bicyclic) bond motifs is 7. The maximum absolute atomic E-state index is 13.3. The first kappa shape index (κ1) is 55.6. The molecule has 1 aromatic carbocycles. The highest BCUT2D eigenvalue weighted by Crippen LogP contribution is 2.48. The maximum Gasteiger partial charge on any atom is 0.416 e. The number of nitriles is 3. The van der Waals surface area contributed by atoms with Crippen molar-refractivity contribution in [2.24, 2.45) is 23.1 Å². The molecule has 9 heterocycles. The third-order valence-electron chi connectivity index (χ3n) is 17.4. The molecule has 77 heavy (non-hydrogen) atoms. The van der Waals surface area contributed by atoms with E-state index in [-0.39, 0.29) is 97.4 Å². The Morgan fingerprint density at radius 3 is 1.38 bits per heavy atom. The van der Waals surface area contributed by atoms with Crippen LogP contribution in [0.2, 0.25) is 0 Å². The van der Waals surface area contributed by atoms with Crippen LogP contribution in [0.1, 0.15) is 68.9 Å². The zero-order valence-electron chi connectivity index (χ0n) is 42.7. The largest absolute Gasteiger partial charge is 0.416 e. The van der Waals surface area contributed by atoms with Gasteiger partial charge in [-0.1, -0.05) is 0 Å². The van der Waals surface area contributed by atoms with Gasteiger partial charge in [0.25, 0.3) is 0 Å². The standard InChI is InChI=1S/C22H21F6N5O2.2C14H21N5O2/c23-21(24,25)11-3-12(22(26,27)28)5-13(4-11)32-15-6-18(20(32)35)31(8-15)9-16(30)19(34)33-14(7-29)1-10-2-17(10)33;2*1-17-10-5-12(14(17)21)18(7-10)8-11(16)13(20)19-4-2-3-9(19)6-15/h3-5,10,14-18H,1-2,6,8-9,30H2;2*9-12H,2-5,7-8,16H2,1H3/t10-,14+,15?,16+,17+,18+;2*9-,10?,11-,12-/m100/s1. The van der Waals surface area contributed by atoms with E-state index in [1.165, 1.54) is 4.90 Å². The van der Waals surface area contributed by atoms with Crippen LogP contribution in [0.4, 0.5) is 32.0 Å². The number of piperazine rings is 3. The summed E-state index contributed by atoms with van der Waals surface area (Å²) in [6.45, 7) is 3.75. The van der Waals surface area contributed by atoms with Gasteiger partial charge in [-0.3, -0.25) is 43.5 Å². The van der Waals surface area contributed by atoms with Crippen molar-refractivity contribution in [2.45, 2.75) is 149 Å². The van der Waals surface area contributed by atoms with E-state index in [1.807, 2.05) is 23.9 Å². The number of anilines is 1. The number of hydrogen-bond acceptors (Lipinski definition) is 15. The smallest absolute Gasteiger partial charge is 0.340 e. The summed E-state index contributed by atoms with van der Waals surface area (Å²) in [5.41, 5.74) is 14.8. The van der Waals surface area contributed by atoms with Crippen LogP contribution in [-0.4, -0.2) is 220 Å². The summed E-state index contributed by atoms with van der Waals surface area (Å²) in [6, 6.07) is 2.84. The maximum atomic E-state index is 13.3. The summed E-state index contributed by atoms with van der Waals surface area (Å²) >= 11 is 0. The molecule has 10 fully saturated rings. The normalized spacial score (nSPS) is 32.4. The van der Waals surface area contributed by atoms with Gasteiger partial charge in [0.2, 0.25) is 35.4 Å². The number of rotatable bonds is 10. The van der Waals surface area contributed by atoms with Crippen LogP contribution in [0.15, 0.2) is 18.2 Å². The average molecular weight is 1080 g/mol. The number of likely N-dealkylation sites (tertiary alicyclic amines) is 8. The van der Waals surface area contributed by atoms with Gasteiger partial charge in [0.1, 0.15) is 18.1 Å². The Kier molecular flexibility index (Phi) is 15.3. The van der Waals surface area contributed by atoms with Gasteiger partial charge >= 0.3 is 12.4 Å². The van der Waals surface area contributed by atoms with Crippen LogP contribution >= 0.6 is 0 Å². The molecule has 21 nitrogen and oxygen atoms in total. The Hall–Kier alpha value is -6.15. The van der Waals surface area contributed by atoms with Crippen molar-refractivity contribution in [3.8, 4) is 18.2 Å². The molecule has 11 rings (SSSR count). The van der Waals surface area contributed by atoms with Crippen molar-refractivity contribution in [1.82, 2.24) is 39.2 Å². The highest BCUT2D eigenvalue weighted by Gasteiger charge is 2.57. The number of alkyl halides is 6. The lowest BCUT2D eigenvalue weighted by Crippen LogP contribution is -2.57. The van der Waals surface area contributed by atoms with Crippen LogP contribution in [-0.2, 0) is 41.1 Å². The molecule has 6 N–H and O–H groups in total. The van der Waals surface area contributed by atoms with Gasteiger partial charge in [0.15, 0.2) is 0 Å². The first-order chi connectivity index (χ1) is 36.3. The number of piperidine rings is 1. The molecule has 3 unspecified atom stereocenters. The quantitative estimate of drug-likeness (QED) is 0.257. The Bertz CT molecular complexity index is 2540. The topological polar surface area (TPSA) is 281 Å². The molecule has 14 atom stereocenters. The first-order valence-corrected chi connectivity index (χ1v) is 26.1. The molecule has 0 aromatic heterocycles. The minimum Gasteiger partial charge on any atom is -0.340 e. The Morgan fingerprint density at radius 2 is 0.987 bits per heavy atom. The summed E-state index contributed by atoms with van der Waals surface area (Å²) in [5.74, 6) is -0.787. The first-order valence-electron chi connectivity index (χ1n) is 26.1. The summed E-state index contributed by atoms with van der Waals surface area (Å²) in [4.78, 5) is 89.6. The summed E-state index contributed by atoms with van der Waals surface area (Å²) in [6.07, 6.45) is -3.56. The second kappa shape index (κ2) is 21.2. The molecule has 10 aliphatic rings. The Morgan fingerprint density at radius 1 is 0.584 bits per heavy atom. The molecule has 416 valence electrons. The van der Waals surface area contributed by atoms with Gasteiger partial charge in [0, 0.05) is 90.3 Å². The molecule has 1 aliphatic carbocycles. The molecular weight excluding hydrogens is 1020 g/mol. The van der Waals surface area contributed by atoms with Crippen LogP contribution in [0.25, 0.3) is 0 Å². The number of carbonyl (C=O) groups excluding carboxylic acids is 6. The third kappa shape index (κ3) is 10.6. The average Bonchev–Trinajstić information content (AvgIpc) is 4.23. The van der Waals surface area contributed by atoms with Crippen LogP contribution in [0, 0.1) is 39.9 Å². The fourth-order valence-corrected chi connectivity index (χ4v) is 13.2. The number of nitrogens with two attached hydrogens (primary N) is 3. The lowest BCUT2D eigenvalue weighted by atomic mass is 10.1. The van der Waals surface area contributed by atoms with Crippen molar-refractivity contribution in [2.75, 3.05) is 71.4 Å². The second-order valence-electron chi connectivity index (χ2n) is 22.1. The number of halogens is 6. The van der Waals surface area contributed by atoms with E-state index in [0.29, 0.717) is 50.7 Å².